The second kappa shape index (κ2) is 7.64. The van der Waals surface area contributed by atoms with Crippen molar-refractivity contribution in [3.63, 3.8) is 0 Å². The monoisotopic (exact) mass is 174 g/mol. The van der Waals surface area contributed by atoms with E-state index in [1.165, 1.54) is 0 Å². The zero-order valence-corrected chi connectivity index (χ0v) is 11.0. The van der Waals surface area contributed by atoms with Gasteiger partial charge in [0.25, 0.3) is 0 Å². The molecule has 0 aromatic heterocycles. The van der Waals surface area contributed by atoms with Gasteiger partial charge >= 0.3 is 0 Å². The van der Waals surface area contributed by atoms with Crippen LogP contribution in [0.15, 0.2) is 0 Å². The molecule has 0 spiro atoms. The van der Waals surface area contributed by atoms with Gasteiger partial charge < -0.3 is 0 Å². The fourth-order valence-corrected chi connectivity index (χ4v) is 0. The van der Waals surface area contributed by atoms with E-state index in [4.69, 9.17) is 0 Å². The van der Waals surface area contributed by atoms with Crippen LogP contribution in [0.5, 0.6) is 0 Å². The first-order valence-electron chi connectivity index (χ1n) is 5.25. The molecule has 0 heteroatoms. The Morgan fingerprint density at radius 2 is 0.500 bits per heavy atom. The van der Waals surface area contributed by atoms with E-state index >= 15 is 0 Å². The molecule has 0 radical (unpaired) electrons. The molecule has 0 atom stereocenters. The van der Waals surface area contributed by atoms with E-state index < -0.39 is 0 Å². The Balaban J connectivity index is -0.000000175. The molecule has 12 heavy (non-hydrogen) atoms. The maximum absolute atomic E-state index is 2.27. The molecule has 0 amide bonds. The number of hydrogen-bond acceptors (Lipinski definition) is 0. The molecule has 0 unspecified atom stereocenters. The molecule has 0 aliphatic heterocycles. The van der Waals surface area contributed by atoms with Crippen molar-refractivity contribution in [1.29, 1.82) is 0 Å². The average Bonchev–Trinajstić information content (AvgIpc) is 1.92. The largest absolute Gasteiger partial charge is 0.0683 e. The summed E-state index contributed by atoms with van der Waals surface area (Å²) in [5.41, 5.74) is 0.875. The van der Waals surface area contributed by atoms with Crippen LogP contribution in [-0.2, 0) is 0 Å². The van der Waals surface area contributed by atoms with Crippen LogP contribution >= 0.6 is 0 Å². The van der Waals surface area contributed by atoms with Crippen molar-refractivity contribution in [2.75, 3.05) is 0 Å². The Kier molecular flexibility index (Phi) is 11.4. The predicted octanol–water partition coefficient (Wildman–Crippen LogP) is 5.13. The van der Waals surface area contributed by atoms with Crippen molar-refractivity contribution >= 4 is 0 Å². The molecule has 0 rings (SSSR count). The molecule has 0 nitrogen and oxygen atoms in total. The quantitative estimate of drug-likeness (QED) is 0.477. The molecule has 0 saturated carbocycles. The molecule has 0 fully saturated rings. The van der Waals surface area contributed by atoms with Gasteiger partial charge in [-0.2, -0.15) is 0 Å². The third-order valence-corrected chi connectivity index (χ3v) is 2.25. The molecule has 0 aromatic carbocycles. The van der Waals surface area contributed by atoms with E-state index in [0.717, 1.165) is 0 Å². The summed E-state index contributed by atoms with van der Waals surface area (Å²) in [6, 6.07) is 0. The van der Waals surface area contributed by atoms with Gasteiger partial charge in [-0.1, -0.05) is 69.2 Å². The lowest BCUT2D eigenvalue weighted by Gasteiger charge is -2.34. The minimum absolute atomic E-state index is 0.437. The van der Waals surface area contributed by atoms with Gasteiger partial charge in [0.1, 0.15) is 0 Å². The van der Waals surface area contributed by atoms with E-state index in [1.54, 1.807) is 0 Å². The summed E-state index contributed by atoms with van der Waals surface area (Å²) in [7, 11) is 0. The normalized spacial score (nSPS) is 10.5. The molecule has 0 aliphatic rings. The van der Waals surface area contributed by atoms with Crippen molar-refractivity contribution in [1.82, 2.24) is 0 Å². The Morgan fingerprint density at radius 3 is 0.500 bits per heavy atom. The topological polar surface area (TPSA) is 0 Å². The maximum Gasteiger partial charge on any atom is -0.0334 e. The Morgan fingerprint density at radius 1 is 0.417 bits per heavy atom. The fraction of sp³-hybridized carbons (Fsp3) is 1.00. The van der Waals surface area contributed by atoms with Crippen molar-refractivity contribution in [2.24, 2.45) is 10.8 Å². The summed E-state index contributed by atoms with van der Waals surface area (Å²) in [6.45, 7) is 21.6. The van der Waals surface area contributed by atoms with Crippen LogP contribution in [0.25, 0.3) is 0 Å². The number of hydrogen-bond donors (Lipinski definition) is 0. The average molecular weight is 174 g/mol. The van der Waals surface area contributed by atoms with Gasteiger partial charge in [-0.3, -0.25) is 0 Å². The van der Waals surface area contributed by atoms with E-state index in [1.807, 2.05) is 27.7 Å². The molecular weight excluding hydrogens is 144 g/mol. The molecular formula is C12H30. The van der Waals surface area contributed by atoms with Gasteiger partial charge in [0, 0.05) is 0 Å². The van der Waals surface area contributed by atoms with Crippen LogP contribution in [0.1, 0.15) is 69.2 Å². The second-order valence-electron chi connectivity index (χ2n) is 4.50. The standard InChI is InChI=1S/C8H18.2C2H6/c1-7(2,3)8(4,5)6;2*1-2/h1-6H3;2*1-2H3. The maximum atomic E-state index is 2.27. The van der Waals surface area contributed by atoms with Gasteiger partial charge in [0.15, 0.2) is 0 Å². The Hall–Kier alpha value is 0. The first-order chi connectivity index (χ1) is 5.25. The molecule has 78 valence electrons. The van der Waals surface area contributed by atoms with Crippen LogP contribution in [0.3, 0.4) is 0 Å². The molecule has 0 heterocycles. The summed E-state index contributed by atoms with van der Waals surface area (Å²) < 4.78 is 0. The highest BCUT2D eigenvalue weighted by molar-refractivity contribution is 4.76. The summed E-state index contributed by atoms with van der Waals surface area (Å²) in [4.78, 5) is 0. The minimum Gasteiger partial charge on any atom is -0.0683 e. The molecule has 0 aromatic rings. The highest BCUT2D eigenvalue weighted by Gasteiger charge is 2.26. The number of rotatable bonds is 0. The summed E-state index contributed by atoms with van der Waals surface area (Å²) in [6.07, 6.45) is 0. The van der Waals surface area contributed by atoms with Crippen LogP contribution in [-0.4, -0.2) is 0 Å². The highest BCUT2D eigenvalue weighted by atomic mass is 14.3. The summed E-state index contributed by atoms with van der Waals surface area (Å²) in [5.74, 6) is 0. The fourth-order valence-electron chi connectivity index (χ4n) is 0. The van der Waals surface area contributed by atoms with Gasteiger partial charge in [-0.05, 0) is 10.8 Å². The summed E-state index contributed by atoms with van der Waals surface area (Å²) >= 11 is 0. The van der Waals surface area contributed by atoms with E-state index in [2.05, 4.69) is 41.5 Å². The van der Waals surface area contributed by atoms with Crippen molar-refractivity contribution in [3.8, 4) is 0 Å². The van der Waals surface area contributed by atoms with Crippen molar-refractivity contribution in [2.45, 2.75) is 69.2 Å². The molecule has 0 N–H and O–H groups in total. The smallest absolute Gasteiger partial charge is 0.0334 e. The van der Waals surface area contributed by atoms with E-state index in [0.29, 0.717) is 10.8 Å². The zero-order chi connectivity index (χ0) is 11.0. The lowest BCUT2D eigenvalue weighted by Crippen LogP contribution is -2.25. The third kappa shape index (κ3) is 10.0. The highest BCUT2D eigenvalue weighted by Crippen LogP contribution is 2.36. The van der Waals surface area contributed by atoms with Gasteiger partial charge in [0.2, 0.25) is 0 Å². The minimum atomic E-state index is 0.437. The molecule has 0 bridgehead atoms. The molecule has 0 saturated heterocycles. The van der Waals surface area contributed by atoms with Crippen molar-refractivity contribution < 1.29 is 0 Å². The molecule has 0 aliphatic carbocycles. The SMILES string of the molecule is CC.CC.CC(C)(C)C(C)(C)C. The summed E-state index contributed by atoms with van der Waals surface area (Å²) in [5, 5.41) is 0. The zero-order valence-electron chi connectivity index (χ0n) is 11.0. The van der Waals surface area contributed by atoms with Gasteiger partial charge in [0.05, 0.1) is 0 Å². The van der Waals surface area contributed by atoms with Gasteiger partial charge in [-0.25, -0.2) is 0 Å². The van der Waals surface area contributed by atoms with Crippen LogP contribution in [0.2, 0.25) is 0 Å². The van der Waals surface area contributed by atoms with Crippen LogP contribution in [0, 0.1) is 10.8 Å². The lowest BCUT2D eigenvalue weighted by molar-refractivity contribution is 0.157. The van der Waals surface area contributed by atoms with Crippen molar-refractivity contribution in [3.05, 3.63) is 0 Å². The first-order valence-corrected chi connectivity index (χ1v) is 5.25. The third-order valence-electron chi connectivity index (χ3n) is 2.25. The first kappa shape index (κ1) is 17.9. The van der Waals surface area contributed by atoms with E-state index in [9.17, 15) is 0 Å². The Bertz CT molecular complexity index is 55.0. The Labute approximate surface area is 80.8 Å². The second-order valence-corrected chi connectivity index (χ2v) is 4.50. The predicted molar refractivity (Wildman–Crippen MR) is 61.6 cm³/mol. The van der Waals surface area contributed by atoms with E-state index in [-0.39, 0.29) is 0 Å². The lowest BCUT2D eigenvalue weighted by atomic mass is 9.71. The van der Waals surface area contributed by atoms with Gasteiger partial charge in [-0.15, -0.1) is 0 Å². The van der Waals surface area contributed by atoms with Crippen LogP contribution < -0.4 is 0 Å². The van der Waals surface area contributed by atoms with Crippen LogP contribution in [0.4, 0.5) is 0 Å².